The smallest absolute Gasteiger partial charge is 0.331 e. The van der Waals surface area contributed by atoms with Crippen molar-refractivity contribution in [2.45, 2.75) is 31.8 Å². The lowest BCUT2D eigenvalue weighted by Gasteiger charge is -2.32. The van der Waals surface area contributed by atoms with Gasteiger partial charge in [0.2, 0.25) is 0 Å². The number of hydrogen-bond donors (Lipinski definition) is 0. The van der Waals surface area contributed by atoms with Crippen molar-refractivity contribution in [1.82, 2.24) is 4.90 Å². The predicted molar refractivity (Wildman–Crippen MR) is 99.7 cm³/mol. The van der Waals surface area contributed by atoms with E-state index in [4.69, 9.17) is 9.47 Å². The largest absolute Gasteiger partial charge is 0.497 e. The molecule has 1 aliphatic carbocycles. The van der Waals surface area contributed by atoms with Crippen LogP contribution in [0.4, 0.5) is 0 Å². The van der Waals surface area contributed by atoms with E-state index in [0.717, 1.165) is 37.1 Å². The molecule has 134 valence electrons. The van der Waals surface area contributed by atoms with E-state index in [0.29, 0.717) is 5.92 Å². The molecule has 4 nitrogen and oxygen atoms in total. The Kier molecular flexibility index (Phi) is 8.87. The quantitative estimate of drug-likeness (QED) is 0.576. The Hall–Kier alpha value is -1.52. The fourth-order valence-corrected chi connectivity index (χ4v) is 3.07. The lowest BCUT2D eigenvalue weighted by Crippen LogP contribution is -2.36. The fraction of sp³-hybridized carbons (Fsp3) is 0.526. The third kappa shape index (κ3) is 6.54. The number of benzene rings is 1. The van der Waals surface area contributed by atoms with Gasteiger partial charge in [-0.05, 0) is 57.1 Å². The van der Waals surface area contributed by atoms with Gasteiger partial charge in [0.1, 0.15) is 11.9 Å². The molecule has 1 aliphatic rings. The van der Waals surface area contributed by atoms with Crippen molar-refractivity contribution >= 4 is 24.5 Å². The Morgan fingerprint density at radius 2 is 1.88 bits per heavy atom. The summed E-state index contributed by atoms with van der Waals surface area (Å²) in [5.74, 6) is 0.993. The predicted octanol–water partition coefficient (Wildman–Crippen LogP) is 3.79. The van der Waals surface area contributed by atoms with E-state index in [9.17, 15) is 4.79 Å². The van der Waals surface area contributed by atoms with E-state index < -0.39 is 0 Å². The van der Waals surface area contributed by atoms with Crippen molar-refractivity contribution in [2.75, 3.05) is 27.7 Å². The summed E-state index contributed by atoms with van der Waals surface area (Å²) in [6.45, 7) is 0.972. The third-order valence-corrected chi connectivity index (χ3v) is 4.23. The zero-order chi connectivity index (χ0) is 16.7. The molecule has 0 heterocycles. The summed E-state index contributed by atoms with van der Waals surface area (Å²) >= 11 is 0. The van der Waals surface area contributed by atoms with Crippen LogP contribution in [-0.4, -0.2) is 44.7 Å². The van der Waals surface area contributed by atoms with E-state index >= 15 is 0 Å². The lowest BCUT2D eigenvalue weighted by molar-refractivity contribution is -0.147. The normalized spacial score (nSPS) is 20.7. The van der Waals surface area contributed by atoms with Gasteiger partial charge in [-0.2, -0.15) is 0 Å². The molecule has 0 bridgehead atoms. The molecule has 1 aromatic carbocycles. The van der Waals surface area contributed by atoms with Gasteiger partial charge in [-0.15, -0.1) is 12.4 Å². The summed E-state index contributed by atoms with van der Waals surface area (Å²) in [7, 11) is 5.77. The topological polar surface area (TPSA) is 38.8 Å². The van der Waals surface area contributed by atoms with Crippen molar-refractivity contribution in [1.29, 1.82) is 0 Å². The standard InChI is InChI=1S/C19H27NO3.ClH/c1-20(2)14-16-6-4-5-7-18(16)23-19(21)13-10-15-8-11-17(22-3)12-9-15;/h8-13,16,18H,4-7,14H2,1-3H3;1H/b13-10+;. The molecule has 24 heavy (non-hydrogen) atoms. The summed E-state index contributed by atoms with van der Waals surface area (Å²) in [5.41, 5.74) is 0.955. The first-order valence-corrected chi connectivity index (χ1v) is 8.26. The molecule has 0 spiro atoms. The van der Waals surface area contributed by atoms with Crippen LogP contribution in [0.2, 0.25) is 0 Å². The first kappa shape index (κ1) is 20.5. The second kappa shape index (κ2) is 10.4. The number of esters is 1. The van der Waals surface area contributed by atoms with E-state index in [1.54, 1.807) is 13.2 Å². The Balaban J connectivity index is 0.00000288. The lowest BCUT2D eigenvalue weighted by atomic mass is 9.86. The average Bonchev–Trinajstić information content (AvgIpc) is 2.55. The molecule has 1 fully saturated rings. The van der Waals surface area contributed by atoms with Crippen LogP contribution in [0.15, 0.2) is 30.3 Å². The van der Waals surface area contributed by atoms with Crippen LogP contribution in [0.25, 0.3) is 6.08 Å². The first-order valence-electron chi connectivity index (χ1n) is 8.26. The first-order chi connectivity index (χ1) is 11.1. The van der Waals surface area contributed by atoms with Gasteiger partial charge >= 0.3 is 5.97 Å². The van der Waals surface area contributed by atoms with Crippen molar-refractivity contribution in [2.24, 2.45) is 5.92 Å². The minimum absolute atomic E-state index is 0. The van der Waals surface area contributed by atoms with Crippen LogP contribution < -0.4 is 4.74 Å². The van der Waals surface area contributed by atoms with Gasteiger partial charge in [0, 0.05) is 18.5 Å². The highest BCUT2D eigenvalue weighted by Gasteiger charge is 2.28. The molecule has 2 unspecified atom stereocenters. The van der Waals surface area contributed by atoms with Crippen LogP contribution in [0.5, 0.6) is 5.75 Å². The van der Waals surface area contributed by atoms with Crippen LogP contribution in [0, 0.1) is 5.92 Å². The summed E-state index contributed by atoms with van der Waals surface area (Å²) in [4.78, 5) is 14.3. The summed E-state index contributed by atoms with van der Waals surface area (Å²) in [6.07, 6.45) is 7.82. The van der Waals surface area contributed by atoms with Gasteiger partial charge in [-0.3, -0.25) is 0 Å². The second-order valence-electron chi connectivity index (χ2n) is 6.39. The fourth-order valence-electron chi connectivity index (χ4n) is 3.07. The number of methoxy groups -OCH3 is 1. The molecule has 0 N–H and O–H groups in total. The Bertz CT molecular complexity index is 528. The second-order valence-corrected chi connectivity index (χ2v) is 6.39. The number of hydrogen-bond acceptors (Lipinski definition) is 4. The van der Waals surface area contributed by atoms with Crippen molar-refractivity contribution < 1.29 is 14.3 Å². The Labute approximate surface area is 151 Å². The Morgan fingerprint density at radius 3 is 2.50 bits per heavy atom. The van der Waals surface area contributed by atoms with Crippen LogP contribution in [0.3, 0.4) is 0 Å². The molecule has 0 aliphatic heterocycles. The molecule has 1 aromatic rings. The molecular formula is C19H28ClNO3. The summed E-state index contributed by atoms with van der Waals surface area (Å²) in [6, 6.07) is 7.58. The molecule has 2 atom stereocenters. The molecule has 0 amide bonds. The zero-order valence-electron chi connectivity index (χ0n) is 14.7. The zero-order valence-corrected chi connectivity index (χ0v) is 15.6. The molecule has 0 radical (unpaired) electrons. The highest BCUT2D eigenvalue weighted by molar-refractivity contribution is 5.87. The highest BCUT2D eigenvalue weighted by Crippen LogP contribution is 2.27. The number of ether oxygens (including phenoxy) is 2. The number of rotatable bonds is 6. The monoisotopic (exact) mass is 353 g/mol. The Morgan fingerprint density at radius 1 is 1.21 bits per heavy atom. The van der Waals surface area contributed by atoms with E-state index in [2.05, 4.69) is 19.0 Å². The molecule has 1 saturated carbocycles. The van der Waals surface area contributed by atoms with Crippen molar-refractivity contribution in [3.63, 3.8) is 0 Å². The maximum absolute atomic E-state index is 12.1. The molecule has 0 saturated heterocycles. The van der Waals surface area contributed by atoms with E-state index in [-0.39, 0.29) is 24.5 Å². The van der Waals surface area contributed by atoms with Gasteiger partial charge in [0.25, 0.3) is 0 Å². The average molecular weight is 354 g/mol. The van der Waals surface area contributed by atoms with Crippen LogP contribution >= 0.6 is 12.4 Å². The maximum atomic E-state index is 12.1. The summed E-state index contributed by atoms with van der Waals surface area (Å²) in [5, 5.41) is 0. The minimum atomic E-state index is -0.253. The number of carbonyl (C=O) groups excluding carboxylic acids is 1. The molecule has 2 rings (SSSR count). The van der Waals surface area contributed by atoms with Gasteiger partial charge in [-0.25, -0.2) is 4.79 Å². The van der Waals surface area contributed by atoms with Crippen LogP contribution in [0.1, 0.15) is 31.2 Å². The third-order valence-electron chi connectivity index (χ3n) is 4.23. The molecule has 0 aromatic heterocycles. The minimum Gasteiger partial charge on any atom is -0.497 e. The van der Waals surface area contributed by atoms with Crippen LogP contribution in [-0.2, 0) is 9.53 Å². The van der Waals surface area contributed by atoms with Crippen molar-refractivity contribution in [3.8, 4) is 5.75 Å². The number of halogens is 1. The van der Waals surface area contributed by atoms with E-state index in [1.807, 2.05) is 24.3 Å². The number of carbonyl (C=O) groups is 1. The van der Waals surface area contributed by atoms with Gasteiger partial charge in [-0.1, -0.05) is 18.6 Å². The summed E-state index contributed by atoms with van der Waals surface area (Å²) < 4.78 is 10.8. The molecule has 5 heteroatoms. The van der Waals surface area contributed by atoms with Gasteiger partial charge < -0.3 is 14.4 Å². The van der Waals surface area contributed by atoms with E-state index in [1.165, 1.54) is 12.5 Å². The highest BCUT2D eigenvalue weighted by atomic mass is 35.5. The van der Waals surface area contributed by atoms with Crippen molar-refractivity contribution in [3.05, 3.63) is 35.9 Å². The molecular weight excluding hydrogens is 326 g/mol. The van der Waals surface area contributed by atoms with Gasteiger partial charge in [0.15, 0.2) is 0 Å². The van der Waals surface area contributed by atoms with Gasteiger partial charge in [0.05, 0.1) is 7.11 Å². The SMILES string of the molecule is COc1ccc(/C=C/C(=O)OC2CCCCC2CN(C)C)cc1.Cl. The maximum Gasteiger partial charge on any atom is 0.331 e. The number of nitrogens with zero attached hydrogens (tertiary/aromatic N) is 1.